The Kier molecular flexibility index (Phi) is 5.30. The summed E-state index contributed by atoms with van der Waals surface area (Å²) in [5.41, 5.74) is 8.03. The summed E-state index contributed by atoms with van der Waals surface area (Å²) in [4.78, 5) is 12.3. The second kappa shape index (κ2) is 8.61. The molecule has 168 valence electrons. The Morgan fingerprint density at radius 2 is 1.65 bits per heavy atom. The van der Waals surface area contributed by atoms with Crippen LogP contribution in [0.25, 0.3) is 27.1 Å². The maximum Gasteiger partial charge on any atom is 0.311 e. The number of benzene rings is 4. The lowest BCUT2D eigenvalue weighted by atomic mass is 9.79. The van der Waals surface area contributed by atoms with Gasteiger partial charge in [-0.1, -0.05) is 90.5 Å². The van der Waals surface area contributed by atoms with E-state index in [2.05, 4.69) is 42.5 Å². The lowest BCUT2D eigenvalue weighted by molar-refractivity contribution is -0.138. The van der Waals surface area contributed by atoms with Gasteiger partial charge in [0, 0.05) is 0 Å². The Labute approximate surface area is 200 Å². The molecule has 2 heteroatoms. The molecule has 4 aromatic rings. The van der Waals surface area contributed by atoms with Gasteiger partial charge in [-0.2, -0.15) is 0 Å². The van der Waals surface area contributed by atoms with Crippen LogP contribution in [0.15, 0.2) is 90.5 Å². The van der Waals surface area contributed by atoms with Crippen LogP contribution >= 0.6 is 0 Å². The third kappa shape index (κ3) is 3.54. The molecule has 0 radical (unpaired) electrons. The zero-order valence-electron chi connectivity index (χ0n) is 19.3. The van der Waals surface area contributed by atoms with Crippen LogP contribution in [-0.2, 0) is 17.6 Å². The third-order valence-electron chi connectivity index (χ3n) is 7.71. The molecule has 2 aliphatic carbocycles. The minimum absolute atomic E-state index is 0.529. The SMILES string of the molecule is O=C(O)C(CCc1cccc2c3c(ccc12)C1=C(CCC=C1)CC3)c1cccc2ccccc12. The Balaban J connectivity index is 1.36. The molecule has 1 unspecified atom stereocenters. The fourth-order valence-electron chi connectivity index (χ4n) is 6.02. The average Bonchev–Trinajstić information content (AvgIpc) is 2.88. The van der Waals surface area contributed by atoms with E-state index in [9.17, 15) is 9.90 Å². The highest BCUT2D eigenvalue weighted by Crippen LogP contribution is 2.40. The zero-order chi connectivity index (χ0) is 23.1. The molecule has 6 rings (SSSR count). The summed E-state index contributed by atoms with van der Waals surface area (Å²) in [6.45, 7) is 0. The third-order valence-corrected chi connectivity index (χ3v) is 7.71. The predicted molar refractivity (Wildman–Crippen MR) is 140 cm³/mol. The summed E-state index contributed by atoms with van der Waals surface area (Å²) in [5, 5.41) is 14.9. The van der Waals surface area contributed by atoms with Crippen molar-refractivity contribution >= 4 is 33.1 Å². The predicted octanol–water partition coefficient (Wildman–Crippen LogP) is 7.84. The standard InChI is InChI=1S/C32H28O2/c33-32(34)31(28-14-5-9-21-7-1-3-11-24(21)28)18-16-23-10-6-13-27-26(23)19-20-29-25-12-4-2-8-22(25)15-17-30(27)29/h1,3-7,9-14,19-20,31H,2,8,15-18H2,(H,33,34). The number of fused-ring (bicyclic) bond motifs is 5. The van der Waals surface area contributed by atoms with Gasteiger partial charge in [0.1, 0.15) is 0 Å². The van der Waals surface area contributed by atoms with E-state index in [1.54, 1.807) is 5.57 Å². The molecule has 0 saturated carbocycles. The molecule has 34 heavy (non-hydrogen) atoms. The molecule has 0 aromatic heterocycles. The van der Waals surface area contributed by atoms with E-state index < -0.39 is 11.9 Å². The first-order valence-corrected chi connectivity index (χ1v) is 12.3. The summed E-state index contributed by atoms with van der Waals surface area (Å²) in [7, 11) is 0. The number of hydrogen-bond acceptors (Lipinski definition) is 1. The molecule has 4 aromatic carbocycles. The van der Waals surface area contributed by atoms with Crippen molar-refractivity contribution in [3.05, 3.63) is 113 Å². The van der Waals surface area contributed by atoms with Crippen molar-refractivity contribution < 1.29 is 9.90 Å². The van der Waals surface area contributed by atoms with E-state index in [4.69, 9.17) is 0 Å². The van der Waals surface area contributed by atoms with Crippen LogP contribution in [0.4, 0.5) is 0 Å². The highest BCUT2D eigenvalue weighted by Gasteiger charge is 2.24. The van der Waals surface area contributed by atoms with Gasteiger partial charge in [-0.3, -0.25) is 4.79 Å². The fourth-order valence-corrected chi connectivity index (χ4v) is 6.02. The van der Waals surface area contributed by atoms with Crippen molar-refractivity contribution in [2.45, 2.75) is 44.4 Å². The zero-order valence-corrected chi connectivity index (χ0v) is 19.3. The summed E-state index contributed by atoms with van der Waals surface area (Å²) < 4.78 is 0. The van der Waals surface area contributed by atoms with Crippen LogP contribution in [0.5, 0.6) is 0 Å². The lowest BCUT2D eigenvalue weighted by Crippen LogP contribution is -2.13. The minimum atomic E-state index is -0.752. The normalized spacial score (nSPS) is 15.9. The molecule has 0 spiro atoms. The molecule has 0 amide bonds. The Morgan fingerprint density at radius 3 is 2.56 bits per heavy atom. The summed E-state index contributed by atoms with van der Waals surface area (Å²) in [5.74, 6) is -1.28. The second-order valence-corrected chi connectivity index (χ2v) is 9.56. The molecule has 0 fully saturated rings. The van der Waals surface area contributed by atoms with Gasteiger partial charge in [0.05, 0.1) is 5.92 Å². The highest BCUT2D eigenvalue weighted by atomic mass is 16.4. The number of carboxylic acids is 1. The summed E-state index contributed by atoms with van der Waals surface area (Å²) >= 11 is 0. The Morgan fingerprint density at radius 1 is 0.824 bits per heavy atom. The van der Waals surface area contributed by atoms with Crippen molar-refractivity contribution in [3.63, 3.8) is 0 Å². The van der Waals surface area contributed by atoms with Gasteiger partial charge in [0.25, 0.3) is 0 Å². The van der Waals surface area contributed by atoms with E-state index >= 15 is 0 Å². The molecule has 0 heterocycles. The second-order valence-electron chi connectivity index (χ2n) is 9.56. The number of aliphatic carboxylic acids is 1. The van der Waals surface area contributed by atoms with Crippen molar-refractivity contribution in [2.24, 2.45) is 0 Å². The van der Waals surface area contributed by atoms with Crippen molar-refractivity contribution in [3.8, 4) is 0 Å². The maximum atomic E-state index is 12.3. The van der Waals surface area contributed by atoms with Gasteiger partial charge in [-0.25, -0.2) is 0 Å². The van der Waals surface area contributed by atoms with E-state index in [0.717, 1.165) is 42.0 Å². The van der Waals surface area contributed by atoms with E-state index in [1.807, 2.05) is 42.5 Å². The van der Waals surface area contributed by atoms with Crippen LogP contribution in [0.1, 0.15) is 53.9 Å². The van der Waals surface area contributed by atoms with Gasteiger partial charge in [0.2, 0.25) is 0 Å². The van der Waals surface area contributed by atoms with Crippen LogP contribution in [0.2, 0.25) is 0 Å². The first-order valence-electron chi connectivity index (χ1n) is 12.3. The minimum Gasteiger partial charge on any atom is -0.481 e. The monoisotopic (exact) mass is 444 g/mol. The smallest absolute Gasteiger partial charge is 0.311 e. The largest absolute Gasteiger partial charge is 0.481 e. The molecule has 1 N–H and O–H groups in total. The highest BCUT2D eigenvalue weighted by molar-refractivity contribution is 5.96. The van der Waals surface area contributed by atoms with E-state index in [0.29, 0.717) is 6.42 Å². The van der Waals surface area contributed by atoms with Crippen molar-refractivity contribution in [2.75, 3.05) is 0 Å². The molecular formula is C32H28O2. The molecule has 2 nitrogen and oxygen atoms in total. The summed E-state index contributed by atoms with van der Waals surface area (Å²) in [6, 6.07) is 25.2. The Bertz CT molecular complexity index is 1480. The molecule has 2 aliphatic rings. The number of rotatable bonds is 5. The Hall–Kier alpha value is -3.65. The average molecular weight is 445 g/mol. The maximum absolute atomic E-state index is 12.3. The number of carbonyl (C=O) groups is 1. The number of aryl methyl sites for hydroxylation is 2. The van der Waals surface area contributed by atoms with E-state index in [-0.39, 0.29) is 0 Å². The fraction of sp³-hybridized carbons (Fsp3) is 0.219. The van der Waals surface area contributed by atoms with Crippen LogP contribution in [0, 0.1) is 0 Å². The van der Waals surface area contributed by atoms with Crippen molar-refractivity contribution in [1.82, 2.24) is 0 Å². The summed E-state index contributed by atoms with van der Waals surface area (Å²) in [6.07, 6.45) is 10.5. The topological polar surface area (TPSA) is 37.3 Å². The molecule has 1 atom stereocenters. The van der Waals surface area contributed by atoms with Gasteiger partial charge < -0.3 is 5.11 Å². The number of hydrogen-bond donors (Lipinski definition) is 1. The van der Waals surface area contributed by atoms with Crippen molar-refractivity contribution in [1.29, 1.82) is 0 Å². The quantitative estimate of drug-likeness (QED) is 0.340. The number of allylic oxidation sites excluding steroid dienone is 4. The molecular weight excluding hydrogens is 416 g/mol. The van der Waals surface area contributed by atoms with Crippen LogP contribution in [0.3, 0.4) is 0 Å². The van der Waals surface area contributed by atoms with Crippen LogP contribution < -0.4 is 0 Å². The van der Waals surface area contributed by atoms with Crippen LogP contribution in [-0.4, -0.2) is 11.1 Å². The first-order chi connectivity index (χ1) is 16.7. The molecule has 0 aliphatic heterocycles. The lowest BCUT2D eigenvalue weighted by Gasteiger charge is -2.26. The first kappa shape index (κ1) is 20.9. The van der Waals surface area contributed by atoms with Gasteiger partial charge in [-0.15, -0.1) is 0 Å². The van der Waals surface area contributed by atoms with Gasteiger partial charge in [0.15, 0.2) is 0 Å². The van der Waals surface area contributed by atoms with Gasteiger partial charge >= 0.3 is 5.97 Å². The van der Waals surface area contributed by atoms with Gasteiger partial charge in [-0.05, 0) is 87.9 Å². The number of carboxylic acid groups (broad SMARTS) is 1. The van der Waals surface area contributed by atoms with E-state index in [1.165, 1.54) is 39.5 Å². The molecule has 0 bridgehead atoms. The molecule has 0 saturated heterocycles.